The van der Waals surface area contributed by atoms with Crippen molar-refractivity contribution < 1.29 is 4.74 Å². The number of hydrogen-bond donors (Lipinski definition) is 1. The third kappa shape index (κ3) is 5.01. The molecule has 0 amide bonds. The Morgan fingerprint density at radius 2 is 1.95 bits per heavy atom. The average molecular weight is 267 g/mol. The molecule has 2 rings (SSSR count). The molecule has 1 saturated carbocycles. The van der Waals surface area contributed by atoms with Crippen LogP contribution < -0.4 is 5.32 Å². The number of ether oxygens (including phenoxy) is 1. The number of hydrogen-bond acceptors (Lipinski definition) is 2. The Bertz CT molecular complexity index is 269. The van der Waals surface area contributed by atoms with Crippen LogP contribution in [0.1, 0.15) is 51.9 Å². The van der Waals surface area contributed by atoms with E-state index >= 15 is 0 Å². The Morgan fingerprint density at radius 3 is 2.63 bits per heavy atom. The van der Waals surface area contributed by atoms with E-state index in [-0.39, 0.29) is 0 Å². The van der Waals surface area contributed by atoms with E-state index in [0.717, 1.165) is 45.2 Å². The average Bonchev–Trinajstić information content (AvgIpc) is 3.10. The van der Waals surface area contributed by atoms with Gasteiger partial charge in [-0.05, 0) is 39.0 Å². The summed E-state index contributed by atoms with van der Waals surface area (Å²) in [5.41, 5.74) is 0. The van der Waals surface area contributed by atoms with Gasteiger partial charge >= 0.3 is 0 Å². The van der Waals surface area contributed by atoms with Gasteiger partial charge in [0.15, 0.2) is 5.96 Å². The van der Waals surface area contributed by atoms with Gasteiger partial charge < -0.3 is 15.0 Å². The van der Waals surface area contributed by atoms with Gasteiger partial charge in [0.2, 0.25) is 0 Å². The van der Waals surface area contributed by atoms with Gasteiger partial charge in [0.1, 0.15) is 0 Å². The van der Waals surface area contributed by atoms with Gasteiger partial charge in [0.25, 0.3) is 0 Å². The predicted octanol–water partition coefficient (Wildman–Crippen LogP) is 2.40. The molecular formula is C15H29N3O. The summed E-state index contributed by atoms with van der Waals surface area (Å²) in [4.78, 5) is 7.09. The molecule has 0 bridgehead atoms. The second-order valence-corrected chi connectivity index (χ2v) is 5.56. The number of guanidine groups is 1. The third-order valence-corrected chi connectivity index (χ3v) is 3.96. The van der Waals surface area contributed by atoms with Crippen molar-refractivity contribution in [2.45, 2.75) is 58.0 Å². The summed E-state index contributed by atoms with van der Waals surface area (Å²) in [6.07, 6.45) is 9.41. The Hall–Kier alpha value is -0.770. The highest BCUT2D eigenvalue weighted by Crippen LogP contribution is 2.20. The third-order valence-electron chi connectivity index (χ3n) is 3.96. The maximum Gasteiger partial charge on any atom is 0.193 e. The van der Waals surface area contributed by atoms with E-state index in [2.05, 4.69) is 17.1 Å². The van der Waals surface area contributed by atoms with Crippen LogP contribution in [0.15, 0.2) is 4.99 Å². The first-order valence-electron chi connectivity index (χ1n) is 8.05. The molecule has 0 aromatic rings. The van der Waals surface area contributed by atoms with Gasteiger partial charge in [-0.1, -0.05) is 12.8 Å². The topological polar surface area (TPSA) is 36.9 Å². The van der Waals surface area contributed by atoms with Gasteiger partial charge in [-0.15, -0.1) is 0 Å². The minimum Gasteiger partial charge on any atom is -0.378 e. The van der Waals surface area contributed by atoms with Crippen LogP contribution in [0.4, 0.5) is 0 Å². The van der Waals surface area contributed by atoms with Gasteiger partial charge in [-0.3, -0.25) is 4.99 Å². The second-order valence-electron chi connectivity index (χ2n) is 5.56. The summed E-state index contributed by atoms with van der Waals surface area (Å²) in [5, 5.41) is 3.39. The number of aliphatic imine (C=N–C) groups is 1. The van der Waals surface area contributed by atoms with Gasteiger partial charge in [-0.25, -0.2) is 0 Å². The molecule has 0 atom stereocenters. The highest BCUT2D eigenvalue weighted by molar-refractivity contribution is 5.80. The SMILES string of the molecule is CCNC(=NCCCOC1CCCC1)N1CCCC1. The summed E-state index contributed by atoms with van der Waals surface area (Å²) >= 11 is 0. The molecule has 0 radical (unpaired) electrons. The zero-order valence-electron chi connectivity index (χ0n) is 12.4. The van der Waals surface area contributed by atoms with Crippen molar-refractivity contribution in [2.24, 2.45) is 4.99 Å². The molecule has 4 nitrogen and oxygen atoms in total. The fraction of sp³-hybridized carbons (Fsp3) is 0.933. The van der Waals surface area contributed by atoms with Crippen LogP contribution in [-0.2, 0) is 4.74 Å². The first kappa shape index (κ1) is 14.6. The van der Waals surface area contributed by atoms with Crippen LogP contribution in [0.5, 0.6) is 0 Å². The molecule has 19 heavy (non-hydrogen) atoms. The number of nitrogens with zero attached hydrogens (tertiary/aromatic N) is 2. The molecule has 110 valence electrons. The lowest BCUT2D eigenvalue weighted by atomic mass is 10.3. The molecule has 1 N–H and O–H groups in total. The maximum absolute atomic E-state index is 5.87. The van der Waals surface area contributed by atoms with Crippen molar-refractivity contribution in [3.63, 3.8) is 0 Å². The van der Waals surface area contributed by atoms with E-state index in [4.69, 9.17) is 9.73 Å². The fourth-order valence-corrected chi connectivity index (χ4v) is 2.91. The highest BCUT2D eigenvalue weighted by atomic mass is 16.5. The maximum atomic E-state index is 5.87. The van der Waals surface area contributed by atoms with Crippen molar-refractivity contribution in [3.8, 4) is 0 Å². The van der Waals surface area contributed by atoms with E-state index in [0.29, 0.717) is 6.10 Å². The summed E-state index contributed by atoms with van der Waals surface area (Å²) in [6, 6.07) is 0. The van der Waals surface area contributed by atoms with E-state index in [1.54, 1.807) is 0 Å². The Labute approximate surface area is 117 Å². The minimum atomic E-state index is 0.538. The number of likely N-dealkylation sites (tertiary alicyclic amines) is 1. The molecule has 0 spiro atoms. The van der Waals surface area contributed by atoms with Crippen molar-refractivity contribution in [1.82, 2.24) is 10.2 Å². The Balaban J connectivity index is 1.63. The van der Waals surface area contributed by atoms with Crippen LogP contribution in [0.2, 0.25) is 0 Å². The quantitative estimate of drug-likeness (QED) is 0.456. The van der Waals surface area contributed by atoms with Crippen LogP contribution in [-0.4, -0.2) is 49.7 Å². The van der Waals surface area contributed by atoms with E-state index in [9.17, 15) is 0 Å². The summed E-state index contributed by atoms with van der Waals surface area (Å²) < 4.78 is 5.87. The molecule has 1 heterocycles. The first-order valence-corrected chi connectivity index (χ1v) is 8.05. The molecule has 1 aliphatic carbocycles. The van der Waals surface area contributed by atoms with Crippen LogP contribution in [0.25, 0.3) is 0 Å². The summed E-state index contributed by atoms with van der Waals surface area (Å²) in [6.45, 7) is 7.15. The molecule has 1 aliphatic heterocycles. The molecular weight excluding hydrogens is 238 g/mol. The van der Waals surface area contributed by atoms with Crippen molar-refractivity contribution >= 4 is 5.96 Å². The number of nitrogens with one attached hydrogen (secondary N) is 1. The summed E-state index contributed by atoms with van der Waals surface area (Å²) in [5.74, 6) is 1.10. The zero-order valence-corrected chi connectivity index (χ0v) is 12.4. The van der Waals surface area contributed by atoms with Crippen LogP contribution in [0, 0.1) is 0 Å². The largest absolute Gasteiger partial charge is 0.378 e. The van der Waals surface area contributed by atoms with Crippen LogP contribution in [0.3, 0.4) is 0 Å². The molecule has 0 aromatic heterocycles. The lowest BCUT2D eigenvalue weighted by Crippen LogP contribution is -2.39. The zero-order chi connectivity index (χ0) is 13.3. The van der Waals surface area contributed by atoms with E-state index in [1.165, 1.54) is 38.5 Å². The Kier molecular flexibility index (Phi) is 6.48. The highest BCUT2D eigenvalue weighted by Gasteiger charge is 2.16. The van der Waals surface area contributed by atoms with E-state index in [1.807, 2.05) is 0 Å². The minimum absolute atomic E-state index is 0.538. The van der Waals surface area contributed by atoms with Crippen molar-refractivity contribution in [3.05, 3.63) is 0 Å². The first-order chi connectivity index (χ1) is 9.40. The van der Waals surface area contributed by atoms with Gasteiger partial charge in [-0.2, -0.15) is 0 Å². The molecule has 0 unspecified atom stereocenters. The lowest BCUT2D eigenvalue weighted by molar-refractivity contribution is 0.0579. The van der Waals surface area contributed by atoms with Crippen molar-refractivity contribution in [2.75, 3.05) is 32.8 Å². The normalized spacial score (nSPS) is 21.3. The van der Waals surface area contributed by atoms with Gasteiger partial charge in [0.05, 0.1) is 6.10 Å². The second kappa shape index (κ2) is 8.41. The summed E-state index contributed by atoms with van der Waals surface area (Å²) in [7, 11) is 0. The monoisotopic (exact) mass is 267 g/mol. The molecule has 4 heteroatoms. The van der Waals surface area contributed by atoms with Crippen molar-refractivity contribution in [1.29, 1.82) is 0 Å². The number of rotatable bonds is 6. The fourth-order valence-electron chi connectivity index (χ4n) is 2.91. The van der Waals surface area contributed by atoms with Crippen LogP contribution >= 0.6 is 0 Å². The Morgan fingerprint density at radius 1 is 1.21 bits per heavy atom. The molecule has 2 fully saturated rings. The molecule has 2 aliphatic rings. The smallest absolute Gasteiger partial charge is 0.193 e. The predicted molar refractivity (Wildman–Crippen MR) is 79.6 cm³/mol. The standard InChI is InChI=1S/C15H29N3O/c1-2-16-15(18-11-5-6-12-18)17-10-7-13-19-14-8-3-4-9-14/h14H,2-13H2,1H3,(H,16,17). The van der Waals surface area contributed by atoms with Gasteiger partial charge in [0, 0.05) is 32.8 Å². The lowest BCUT2D eigenvalue weighted by Gasteiger charge is -2.20. The molecule has 0 aromatic carbocycles. The molecule has 1 saturated heterocycles. The van der Waals surface area contributed by atoms with E-state index < -0.39 is 0 Å².